The normalized spacial score (nSPS) is 10.9. The summed E-state index contributed by atoms with van der Waals surface area (Å²) >= 11 is 0. The summed E-state index contributed by atoms with van der Waals surface area (Å²) in [6, 6.07) is 9.61. The van der Waals surface area contributed by atoms with Gasteiger partial charge in [-0.2, -0.15) is 0 Å². The number of hydrogen-bond acceptors (Lipinski definition) is 6. The van der Waals surface area contributed by atoms with Crippen molar-refractivity contribution in [3.63, 3.8) is 0 Å². The highest BCUT2D eigenvalue weighted by Gasteiger charge is 2.27. The van der Waals surface area contributed by atoms with E-state index in [1.54, 1.807) is 0 Å². The molecule has 0 radical (unpaired) electrons. The highest BCUT2D eigenvalue weighted by molar-refractivity contribution is 5.75. The number of nitrogens with one attached hydrogen (secondary N) is 1. The Labute approximate surface area is 211 Å². The summed E-state index contributed by atoms with van der Waals surface area (Å²) in [6.07, 6.45) is 19.7. The van der Waals surface area contributed by atoms with E-state index >= 15 is 0 Å². The van der Waals surface area contributed by atoms with Crippen molar-refractivity contribution in [2.24, 2.45) is 0 Å². The van der Waals surface area contributed by atoms with Gasteiger partial charge >= 0.3 is 5.69 Å². The van der Waals surface area contributed by atoms with E-state index in [2.05, 4.69) is 22.2 Å². The van der Waals surface area contributed by atoms with E-state index in [0.29, 0.717) is 24.7 Å². The Morgan fingerprint density at radius 2 is 1.34 bits per heavy atom. The highest BCUT2D eigenvalue weighted by Crippen LogP contribution is 2.35. The zero-order valence-electron chi connectivity index (χ0n) is 21.9. The summed E-state index contributed by atoms with van der Waals surface area (Å²) < 4.78 is 0. The lowest BCUT2D eigenvalue weighted by molar-refractivity contribution is -0.383. The number of hydrogen-bond donors (Lipinski definition) is 1. The fourth-order valence-corrected chi connectivity index (χ4v) is 4.45. The van der Waals surface area contributed by atoms with Gasteiger partial charge in [0.15, 0.2) is 0 Å². The Kier molecular flexibility index (Phi) is 14.4. The molecule has 0 aliphatic heterocycles. The van der Waals surface area contributed by atoms with Crippen LogP contribution in [0.15, 0.2) is 36.7 Å². The average molecular weight is 484 g/mol. The molecule has 7 heteroatoms. The van der Waals surface area contributed by atoms with E-state index in [9.17, 15) is 10.1 Å². The van der Waals surface area contributed by atoms with Crippen LogP contribution in [0.2, 0.25) is 0 Å². The van der Waals surface area contributed by atoms with E-state index in [1.165, 1.54) is 83.4 Å². The number of para-hydroxylation sites is 1. The van der Waals surface area contributed by atoms with Gasteiger partial charge in [0.05, 0.1) is 4.92 Å². The molecule has 1 aromatic heterocycles. The monoisotopic (exact) mass is 483 g/mol. The molecule has 2 rings (SSSR count). The molecule has 0 aliphatic rings. The van der Waals surface area contributed by atoms with E-state index < -0.39 is 0 Å². The largest absolute Gasteiger partial charge is 0.364 e. The lowest BCUT2D eigenvalue weighted by Crippen LogP contribution is -2.20. The molecule has 0 fully saturated rings. The third-order valence-electron chi connectivity index (χ3n) is 6.45. The van der Waals surface area contributed by atoms with Gasteiger partial charge in [0.1, 0.15) is 6.33 Å². The summed E-state index contributed by atoms with van der Waals surface area (Å²) in [4.78, 5) is 21.8. The first-order chi connectivity index (χ1) is 17.2. The third-order valence-corrected chi connectivity index (χ3v) is 6.45. The van der Waals surface area contributed by atoms with Crippen LogP contribution >= 0.6 is 0 Å². The van der Waals surface area contributed by atoms with Crippen LogP contribution in [0.25, 0.3) is 0 Å². The summed E-state index contributed by atoms with van der Waals surface area (Å²) in [5.74, 6) is 0.617. The fraction of sp³-hybridized carbons (Fsp3) is 0.643. The molecule has 0 aliphatic carbocycles. The second-order valence-electron chi connectivity index (χ2n) is 9.25. The maximum absolute atomic E-state index is 11.9. The number of benzene rings is 1. The number of anilines is 3. The van der Waals surface area contributed by atoms with Crippen molar-refractivity contribution in [1.82, 2.24) is 9.97 Å². The molecule has 0 spiro atoms. The van der Waals surface area contributed by atoms with Gasteiger partial charge < -0.3 is 10.2 Å². The zero-order valence-corrected chi connectivity index (χ0v) is 21.9. The maximum atomic E-state index is 11.9. The summed E-state index contributed by atoms with van der Waals surface area (Å²) in [5, 5.41) is 15.1. The topological polar surface area (TPSA) is 84.2 Å². The molecule has 0 amide bonds. The van der Waals surface area contributed by atoms with Crippen LogP contribution in [0.3, 0.4) is 0 Å². The molecule has 7 nitrogen and oxygen atoms in total. The Morgan fingerprint density at radius 3 is 1.86 bits per heavy atom. The quantitative estimate of drug-likeness (QED) is 0.116. The standard InChI is InChI=1S/C28H45N5O2/c1-3-5-6-7-8-9-10-11-12-13-14-15-16-20-23-29-27-26(33(34)35)28(31-24-30-27)32(4-2)25-21-18-17-19-22-25/h17-19,21-22,24H,3-16,20,23H2,1-2H3,(H,29,30,31). The molecule has 0 saturated heterocycles. The van der Waals surface area contributed by atoms with Crippen LogP contribution in [-0.2, 0) is 0 Å². The van der Waals surface area contributed by atoms with Gasteiger partial charge in [-0.1, -0.05) is 109 Å². The number of nitro groups is 1. The Bertz CT molecular complexity index is 831. The molecule has 1 N–H and O–H groups in total. The summed E-state index contributed by atoms with van der Waals surface area (Å²) in [5.41, 5.74) is 0.804. The van der Waals surface area contributed by atoms with Crippen LogP contribution in [-0.4, -0.2) is 28.0 Å². The lowest BCUT2D eigenvalue weighted by Gasteiger charge is -2.22. The van der Waals surface area contributed by atoms with Crippen LogP contribution in [0.5, 0.6) is 0 Å². The van der Waals surface area contributed by atoms with Gasteiger partial charge in [-0.3, -0.25) is 10.1 Å². The minimum absolute atomic E-state index is 0.0661. The molecule has 0 atom stereocenters. The maximum Gasteiger partial charge on any atom is 0.353 e. The second-order valence-corrected chi connectivity index (χ2v) is 9.25. The van der Waals surface area contributed by atoms with E-state index in [-0.39, 0.29) is 10.6 Å². The zero-order chi connectivity index (χ0) is 25.1. The molecule has 0 bridgehead atoms. The van der Waals surface area contributed by atoms with Crippen molar-refractivity contribution in [3.05, 3.63) is 46.8 Å². The van der Waals surface area contributed by atoms with Gasteiger partial charge in [-0.05, 0) is 25.5 Å². The lowest BCUT2D eigenvalue weighted by atomic mass is 10.0. The number of nitrogens with zero attached hydrogens (tertiary/aromatic N) is 4. The van der Waals surface area contributed by atoms with Crippen molar-refractivity contribution >= 4 is 23.0 Å². The minimum Gasteiger partial charge on any atom is -0.364 e. The van der Waals surface area contributed by atoms with E-state index in [4.69, 9.17) is 0 Å². The molecule has 0 saturated carbocycles. The van der Waals surface area contributed by atoms with Crippen LogP contribution in [0.4, 0.5) is 23.0 Å². The predicted molar refractivity (Wildman–Crippen MR) is 147 cm³/mol. The third kappa shape index (κ3) is 10.6. The smallest absolute Gasteiger partial charge is 0.353 e. The predicted octanol–water partition coefficient (Wildman–Crippen LogP) is 8.44. The molecule has 1 aromatic carbocycles. The van der Waals surface area contributed by atoms with Crippen LogP contribution in [0, 0.1) is 10.1 Å². The molecule has 2 aromatic rings. The van der Waals surface area contributed by atoms with Gasteiger partial charge in [-0.25, -0.2) is 9.97 Å². The number of unbranched alkanes of at least 4 members (excludes halogenated alkanes) is 13. The summed E-state index contributed by atoms with van der Waals surface area (Å²) in [6.45, 7) is 5.47. The van der Waals surface area contributed by atoms with Crippen LogP contribution < -0.4 is 10.2 Å². The van der Waals surface area contributed by atoms with Gasteiger partial charge in [0.2, 0.25) is 11.6 Å². The first-order valence-electron chi connectivity index (χ1n) is 13.7. The van der Waals surface area contributed by atoms with Crippen LogP contribution in [0.1, 0.15) is 104 Å². The average Bonchev–Trinajstić information content (AvgIpc) is 2.87. The molecular weight excluding hydrogens is 438 g/mol. The van der Waals surface area contributed by atoms with Gasteiger partial charge in [0, 0.05) is 18.8 Å². The first-order valence-corrected chi connectivity index (χ1v) is 13.7. The molecule has 0 unspecified atom stereocenters. The Hall–Kier alpha value is -2.70. The molecule has 194 valence electrons. The van der Waals surface area contributed by atoms with Gasteiger partial charge in [0.25, 0.3) is 0 Å². The first kappa shape index (κ1) is 28.5. The fourth-order valence-electron chi connectivity index (χ4n) is 4.45. The van der Waals surface area contributed by atoms with Crippen molar-refractivity contribution in [1.29, 1.82) is 0 Å². The van der Waals surface area contributed by atoms with E-state index in [0.717, 1.165) is 18.5 Å². The Balaban J connectivity index is 1.68. The molecule has 1 heterocycles. The minimum atomic E-state index is -0.380. The van der Waals surface area contributed by atoms with Crippen molar-refractivity contribution in [2.75, 3.05) is 23.3 Å². The molecule has 35 heavy (non-hydrogen) atoms. The van der Waals surface area contributed by atoms with Crippen molar-refractivity contribution in [3.8, 4) is 0 Å². The SMILES string of the molecule is CCCCCCCCCCCCCCCCNc1ncnc(N(CC)c2ccccc2)c1[N+](=O)[O-]. The number of rotatable bonds is 20. The number of aromatic nitrogens is 2. The summed E-state index contributed by atoms with van der Waals surface area (Å²) in [7, 11) is 0. The second kappa shape index (κ2) is 17.7. The van der Waals surface area contributed by atoms with E-state index in [1.807, 2.05) is 42.2 Å². The van der Waals surface area contributed by atoms with Crippen molar-refractivity contribution in [2.45, 2.75) is 104 Å². The Morgan fingerprint density at radius 1 is 0.800 bits per heavy atom. The molecular formula is C28H45N5O2. The van der Waals surface area contributed by atoms with Gasteiger partial charge in [-0.15, -0.1) is 0 Å². The highest BCUT2D eigenvalue weighted by atomic mass is 16.6. The van der Waals surface area contributed by atoms with Crippen molar-refractivity contribution < 1.29 is 4.92 Å².